The van der Waals surface area contributed by atoms with E-state index in [1.54, 1.807) is 0 Å². The van der Waals surface area contributed by atoms with E-state index in [-0.39, 0.29) is 0 Å². The molecule has 3 nitrogen and oxygen atoms in total. The summed E-state index contributed by atoms with van der Waals surface area (Å²) in [5.41, 5.74) is 3.82. The van der Waals surface area contributed by atoms with Crippen LogP contribution in [0.1, 0.15) is 43.9 Å². The van der Waals surface area contributed by atoms with Gasteiger partial charge in [-0.15, -0.1) is 0 Å². The molecule has 0 aromatic heterocycles. The Morgan fingerprint density at radius 2 is 1.67 bits per heavy atom. The fourth-order valence-corrected chi connectivity index (χ4v) is 2.60. The minimum Gasteiger partial charge on any atom is -0.492 e. The summed E-state index contributed by atoms with van der Waals surface area (Å²) in [6.45, 7) is 16.8. The lowest BCUT2D eigenvalue weighted by molar-refractivity contribution is 0.221. The summed E-state index contributed by atoms with van der Waals surface area (Å²) in [5, 5.41) is 3.45. The van der Waals surface area contributed by atoms with Crippen molar-refractivity contribution in [1.82, 2.24) is 10.2 Å². The van der Waals surface area contributed by atoms with Crippen LogP contribution in [-0.2, 0) is 6.54 Å². The van der Waals surface area contributed by atoms with Gasteiger partial charge in [-0.05, 0) is 56.6 Å². The summed E-state index contributed by atoms with van der Waals surface area (Å²) in [4.78, 5) is 2.38. The van der Waals surface area contributed by atoms with Crippen molar-refractivity contribution in [3.8, 4) is 5.75 Å². The molecule has 1 N–H and O–H groups in total. The van der Waals surface area contributed by atoms with Gasteiger partial charge in [0.05, 0.1) is 0 Å². The van der Waals surface area contributed by atoms with E-state index in [4.69, 9.17) is 4.74 Å². The van der Waals surface area contributed by atoms with Crippen LogP contribution in [-0.4, -0.2) is 37.7 Å². The van der Waals surface area contributed by atoms with Gasteiger partial charge in [-0.25, -0.2) is 0 Å². The van der Waals surface area contributed by atoms with Gasteiger partial charge in [-0.2, -0.15) is 0 Å². The number of nitrogens with one attached hydrogen (secondary N) is 1. The molecule has 3 heteroatoms. The number of hydrogen-bond donors (Lipinski definition) is 1. The smallest absolute Gasteiger partial charge is 0.125 e. The highest BCUT2D eigenvalue weighted by molar-refractivity contribution is 5.43. The molecule has 0 amide bonds. The van der Waals surface area contributed by atoms with E-state index in [0.717, 1.165) is 45.1 Å². The van der Waals surface area contributed by atoms with Gasteiger partial charge in [-0.3, -0.25) is 0 Å². The molecule has 0 saturated carbocycles. The Kier molecular flexibility index (Phi) is 8.40. The van der Waals surface area contributed by atoms with Gasteiger partial charge < -0.3 is 15.0 Å². The molecule has 0 aliphatic rings. The average Bonchev–Trinajstić information content (AvgIpc) is 2.46. The number of nitrogens with zero attached hydrogens (tertiary/aromatic N) is 1. The molecule has 0 radical (unpaired) electrons. The maximum absolute atomic E-state index is 6.02. The Morgan fingerprint density at radius 3 is 2.19 bits per heavy atom. The first-order chi connectivity index (χ1) is 10.1. The Bertz CT molecular complexity index is 391. The third kappa shape index (κ3) is 6.06. The molecular formula is C18H32N2O. The summed E-state index contributed by atoms with van der Waals surface area (Å²) in [6, 6.07) is 4.48. The van der Waals surface area contributed by atoms with Gasteiger partial charge in [0.25, 0.3) is 0 Å². The summed E-state index contributed by atoms with van der Waals surface area (Å²) in [5.74, 6) is 1.06. The second-order valence-corrected chi connectivity index (χ2v) is 5.61. The first-order valence-corrected chi connectivity index (χ1v) is 8.28. The van der Waals surface area contributed by atoms with Crippen molar-refractivity contribution in [2.75, 3.05) is 32.8 Å². The van der Waals surface area contributed by atoms with Crippen molar-refractivity contribution in [1.29, 1.82) is 0 Å². The van der Waals surface area contributed by atoms with Crippen LogP contribution in [0.4, 0.5) is 0 Å². The van der Waals surface area contributed by atoms with Crippen molar-refractivity contribution < 1.29 is 4.74 Å². The van der Waals surface area contributed by atoms with Gasteiger partial charge in [-0.1, -0.05) is 32.9 Å². The topological polar surface area (TPSA) is 24.5 Å². The number of likely N-dealkylation sites (N-methyl/N-ethyl adjacent to an activating group) is 1. The van der Waals surface area contributed by atoms with E-state index in [1.165, 1.54) is 23.1 Å². The number of aryl methyl sites for hydroxylation is 2. The van der Waals surface area contributed by atoms with Crippen LogP contribution in [0.15, 0.2) is 12.1 Å². The number of hydrogen-bond acceptors (Lipinski definition) is 3. The van der Waals surface area contributed by atoms with Crippen molar-refractivity contribution in [2.24, 2.45) is 0 Å². The molecule has 0 atom stereocenters. The molecule has 0 unspecified atom stereocenters. The van der Waals surface area contributed by atoms with Crippen LogP contribution in [0.2, 0.25) is 0 Å². The zero-order chi connectivity index (χ0) is 15.7. The van der Waals surface area contributed by atoms with Crippen LogP contribution in [0.25, 0.3) is 0 Å². The second kappa shape index (κ2) is 9.80. The lowest BCUT2D eigenvalue weighted by Crippen LogP contribution is -2.28. The highest BCUT2D eigenvalue weighted by Crippen LogP contribution is 2.24. The zero-order valence-corrected chi connectivity index (χ0v) is 14.5. The Morgan fingerprint density at radius 1 is 1.05 bits per heavy atom. The van der Waals surface area contributed by atoms with Crippen molar-refractivity contribution in [2.45, 2.75) is 47.6 Å². The van der Waals surface area contributed by atoms with E-state index in [1.807, 2.05) is 0 Å². The number of rotatable bonds is 10. The SMILES string of the molecule is CCCNCc1cc(C)c(OCCN(CC)CC)c(C)c1. The predicted molar refractivity (Wildman–Crippen MR) is 91.2 cm³/mol. The molecule has 0 fully saturated rings. The van der Waals surface area contributed by atoms with Crippen LogP contribution in [0.5, 0.6) is 5.75 Å². The van der Waals surface area contributed by atoms with Gasteiger partial charge in [0.1, 0.15) is 12.4 Å². The van der Waals surface area contributed by atoms with E-state index >= 15 is 0 Å². The third-order valence-electron chi connectivity index (χ3n) is 3.82. The Labute approximate surface area is 130 Å². The first-order valence-electron chi connectivity index (χ1n) is 8.28. The zero-order valence-electron chi connectivity index (χ0n) is 14.5. The molecule has 0 saturated heterocycles. The maximum atomic E-state index is 6.02. The Balaban J connectivity index is 2.58. The Hall–Kier alpha value is -1.06. The standard InChI is InChI=1S/C18H32N2O/c1-6-9-19-14-17-12-15(4)18(16(5)13-17)21-11-10-20(7-2)8-3/h12-13,19H,6-11,14H2,1-5H3. The molecule has 1 aromatic rings. The highest BCUT2D eigenvalue weighted by Gasteiger charge is 2.07. The number of benzene rings is 1. The van der Waals surface area contributed by atoms with E-state index in [0.29, 0.717) is 0 Å². The summed E-state index contributed by atoms with van der Waals surface area (Å²) in [6.07, 6.45) is 1.17. The monoisotopic (exact) mass is 292 g/mol. The van der Waals surface area contributed by atoms with Gasteiger partial charge >= 0.3 is 0 Å². The normalized spacial score (nSPS) is 11.1. The maximum Gasteiger partial charge on any atom is 0.125 e. The largest absolute Gasteiger partial charge is 0.492 e. The van der Waals surface area contributed by atoms with E-state index in [2.05, 4.69) is 57.0 Å². The van der Waals surface area contributed by atoms with Crippen LogP contribution in [0.3, 0.4) is 0 Å². The molecule has 0 spiro atoms. The molecule has 0 aliphatic heterocycles. The molecular weight excluding hydrogens is 260 g/mol. The predicted octanol–water partition coefficient (Wildman–Crippen LogP) is 3.52. The summed E-state index contributed by atoms with van der Waals surface area (Å²) < 4.78 is 6.02. The molecule has 0 bridgehead atoms. The quantitative estimate of drug-likeness (QED) is 0.668. The third-order valence-corrected chi connectivity index (χ3v) is 3.82. The highest BCUT2D eigenvalue weighted by atomic mass is 16.5. The van der Waals surface area contributed by atoms with Crippen molar-refractivity contribution in [3.05, 3.63) is 28.8 Å². The first kappa shape index (κ1) is 18.0. The number of ether oxygens (including phenoxy) is 1. The lowest BCUT2D eigenvalue weighted by atomic mass is 10.1. The molecule has 21 heavy (non-hydrogen) atoms. The molecule has 0 aliphatic carbocycles. The minimum absolute atomic E-state index is 0.761. The molecule has 1 aromatic carbocycles. The van der Waals surface area contributed by atoms with Crippen LogP contribution >= 0.6 is 0 Å². The fraction of sp³-hybridized carbons (Fsp3) is 0.667. The van der Waals surface area contributed by atoms with Crippen LogP contribution < -0.4 is 10.1 Å². The van der Waals surface area contributed by atoms with Gasteiger partial charge in [0.2, 0.25) is 0 Å². The van der Waals surface area contributed by atoms with Gasteiger partial charge in [0, 0.05) is 13.1 Å². The minimum atomic E-state index is 0.761. The fourth-order valence-electron chi connectivity index (χ4n) is 2.60. The van der Waals surface area contributed by atoms with Gasteiger partial charge in [0.15, 0.2) is 0 Å². The lowest BCUT2D eigenvalue weighted by Gasteiger charge is -2.20. The van der Waals surface area contributed by atoms with Crippen LogP contribution in [0, 0.1) is 13.8 Å². The summed E-state index contributed by atoms with van der Waals surface area (Å²) in [7, 11) is 0. The molecule has 0 heterocycles. The van der Waals surface area contributed by atoms with Crippen molar-refractivity contribution >= 4 is 0 Å². The molecule has 1 rings (SSSR count). The van der Waals surface area contributed by atoms with E-state index in [9.17, 15) is 0 Å². The average molecular weight is 292 g/mol. The van der Waals surface area contributed by atoms with Crippen molar-refractivity contribution in [3.63, 3.8) is 0 Å². The van der Waals surface area contributed by atoms with E-state index < -0.39 is 0 Å². The second-order valence-electron chi connectivity index (χ2n) is 5.61. The summed E-state index contributed by atoms with van der Waals surface area (Å²) >= 11 is 0. The molecule has 120 valence electrons.